The van der Waals surface area contributed by atoms with Crippen molar-refractivity contribution < 1.29 is 23.1 Å². The fourth-order valence-electron chi connectivity index (χ4n) is 2.61. The largest absolute Gasteiger partial charge is 0.507 e. The summed E-state index contributed by atoms with van der Waals surface area (Å²) in [5.41, 5.74) is 3.53. The summed E-state index contributed by atoms with van der Waals surface area (Å²) >= 11 is 0. The molecule has 2 aromatic rings. The van der Waals surface area contributed by atoms with E-state index in [9.17, 15) is 18.3 Å². The van der Waals surface area contributed by atoms with Gasteiger partial charge in [-0.05, 0) is 50.2 Å². The number of carbonyl (C=O) groups is 1. The quantitative estimate of drug-likeness (QED) is 0.542. The molecule has 0 saturated heterocycles. The number of amides is 1. The number of ether oxygens (including phenoxy) is 1. The number of para-hydroxylation sites is 1. The van der Waals surface area contributed by atoms with Crippen molar-refractivity contribution in [2.45, 2.75) is 19.9 Å². The molecule has 0 aromatic heterocycles. The third-order valence-corrected chi connectivity index (χ3v) is 5.28. The van der Waals surface area contributed by atoms with Crippen LogP contribution < -0.4 is 14.5 Å². The molecule has 0 aliphatic carbocycles. The van der Waals surface area contributed by atoms with Gasteiger partial charge in [0.2, 0.25) is 10.0 Å². The molecule has 1 amide bonds. The first-order valence-electron chi connectivity index (χ1n) is 8.41. The Morgan fingerprint density at radius 2 is 1.79 bits per heavy atom. The zero-order chi connectivity index (χ0) is 20.9. The number of rotatable bonds is 7. The molecule has 0 spiro atoms. The van der Waals surface area contributed by atoms with E-state index in [0.717, 1.165) is 10.6 Å². The number of phenols is 1. The first-order chi connectivity index (χ1) is 13.1. The summed E-state index contributed by atoms with van der Waals surface area (Å²) in [5, 5.41) is 13.8. The van der Waals surface area contributed by atoms with Crippen LogP contribution in [0, 0.1) is 0 Å². The highest BCUT2D eigenvalue weighted by Crippen LogP contribution is 2.24. The highest BCUT2D eigenvalue weighted by Gasteiger charge is 2.29. The van der Waals surface area contributed by atoms with Crippen LogP contribution in [0.2, 0.25) is 0 Å². The fraction of sp³-hybridized carbons (Fsp3) is 0.263. The Bertz CT molecular complexity index is 971. The Morgan fingerprint density at radius 1 is 1.18 bits per heavy atom. The van der Waals surface area contributed by atoms with Crippen molar-refractivity contribution in [3.8, 4) is 11.5 Å². The minimum Gasteiger partial charge on any atom is -0.507 e. The van der Waals surface area contributed by atoms with Gasteiger partial charge in [-0.15, -0.1) is 0 Å². The van der Waals surface area contributed by atoms with E-state index in [2.05, 4.69) is 10.5 Å². The molecule has 2 N–H and O–H groups in total. The Kier molecular flexibility index (Phi) is 6.63. The number of benzene rings is 2. The maximum Gasteiger partial charge on any atom is 0.263 e. The predicted octanol–water partition coefficient (Wildman–Crippen LogP) is 2.10. The van der Waals surface area contributed by atoms with Gasteiger partial charge in [0.25, 0.3) is 5.91 Å². The molecule has 0 saturated carbocycles. The number of anilines is 1. The Morgan fingerprint density at radius 3 is 2.32 bits per heavy atom. The van der Waals surface area contributed by atoms with Crippen LogP contribution >= 0.6 is 0 Å². The minimum absolute atomic E-state index is 0.0297. The maximum absolute atomic E-state index is 12.5. The summed E-state index contributed by atoms with van der Waals surface area (Å²) in [7, 11) is -2.23. The number of nitrogens with zero attached hydrogens (tertiary/aromatic N) is 2. The molecule has 0 bridgehead atoms. The van der Waals surface area contributed by atoms with Gasteiger partial charge in [-0.25, -0.2) is 13.8 Å². The average Bonchev–Trinajstić information content (AvgIpc) is 2.65. The van der Waals surface area contributed by atoms with Crippen LogP contribution in [0.5, 0.6) is 11.5 Å². The van der Waals surface area contributed by atoms with Crippen molar-refractivity contribution in [2.75, 3.05) is 17.7 Å². The van der Waals surface area contributed by atoms with Crippen LogP contribution in [-0.4, -0.2) is 44.6 Å². The molecule has 0 radical (unpaired) electrons. The topological polar surface area (TPSA) is 108 Å². The zero-order valence-electron chi connectivity index (χ0n) is 16.1. The van der Waals surface area contributed by atoms with Gasteiger partial charge in [-0.1, -0.05) is 12.1 Å². The molecule has 2 rings (SSSR count). The monoisotopic (exact) mass is 405 g/mol. The Balaban J connectivity index is 2.24. The third-order valence-electron chi connectivity index (χ3n) is 4.04. The van der Waals surface area contributed by atoms with Gasteiger partial charge in [0.05, 0.1) is 24.8 Å². The number of carbonyl (C=O) groups excluding carboxylic acids is 1. The number of hydrogen-bond donors (Lipinski definition) is 2. The lowest BCUT2D eigenvalue weighted by Gasteiger charge is -2.27. The molecule has 8 nitrogen and oxygen atoms in total. The fourth-order valence-corrected chi connectivity index (χ4v) is 3.78. The van der Waals surface area contributed by atoms with E-state index in [1.54, 1.807) is 49.4 Å². The molecule has 0 unspecified atom stereocenters. The normalized spacial score (nSPS) is 12.9. The summed E-state index contributed by atoms with van der Waals surface area (Å²) in [4.78, 5) is 12.5. The number of aromatic hydroxyl groups is 1. The summed E-state index contributed by atoms with van der Waals surface area (Å²) in [6.07, 6.45) is 1.03. The van der Waals surface area contributed by atoms with E-state index < -0.39 is 22.0 Å². The average molecular weight is 405 g/mol. The van der Waals surface area contributed by atoms with Crippen LogP contribution in [0.4, 0.5) is 5.69 Å². The number of phenolic OH excluding ortho intramolecular Hbond substituents is 1. The number of nitrogens with one attached hydrogen (secondary N) is 1. The van der Waals surface area contributed by atoms with Crippen LogP contribution in [-0.2, 0) is 14.8 Å². The molecule has 2 aromatic carbocycles. The van der Waals surface area contributed by atoms with Crippen LogP contribution in [0.1, 0.15) is 19.4 Å². The van der Waals surface area contributed by atoms with Gasteiger partial charge >= 0.3 is 0 Å². The van der Waals surface area contributed by atoms with Crippen LogP contribution in [0.3, 0.4) is 0 Å². The Hall–Kier alpha value is -3.07. The van der Waals surface area contributed by atoms with E-state index in [0.29, 0.717) is 22.7 Å². The van der Waals surface area contributed by atoms with Gasteiger partial charge in [0, 0.05) is 5.56 Å². The number of methoxy groups -OCH3 is 1. The molecular formula is C19H23N3O5S. The molecular weight excluding hydrogens is 382 g/mol. The van der Waals surface area contributed by atoms with E-state index in [1.165, 1.54) is 20.1 Å². The molecule has 0 aliphatic rings. The molecule has 150 valence electrons. The van der Waals surface area contributed by atoms with Gasteiger partial charge in [0.15, 0.2) is 0 Å². The van der Waals surface area contributed by atoms with Crippen molar-refractivity contribution >= 4 is 27.3 Å². The van der Waals surface area contributed by atoms with E-state index in [-0.39, 0.29) is 5.75 Å². The molecule has 28 heavy (non-hydrogen) atoms. The van der Waals surface area contributed by atoms with Gasteiger partial charge < -0.3 is 9.84 Å². The predicted molar refractivity (Wildman–Crippen MR) is 108 cm³/mol. The molecule has 0 heterocycles. The molecule has 0 fully saturated rings. The van der Waals surface area contributed by atoms with Gasteiger partial charge in [-0.2, -0.15) is 5.10 Å². The van der Waals surface area contributed by atoms with E-state index >= 15 is 0 Å². The van der Waals surface area contributed by atoms with Gasteiger partial charge in [-0.3, -0.25) is 9.10 Å². The lowest BCUT2D eigenvalue weighted by atomic mass is 10.1. The molecule has 0 aliphatic heterocycles. The zero-order valence-corrected chi connectivity index (χ0v) is 16.9. The van der Waals surface area contributed by atoms with Crippen molar-refractivity contribution in [1.82, 2.24) is 5.43 Å². The van der Waals surface area contributed by atoms with Crippen LogP contribution in [0.25, 0.3) is 0 Å². The third kappa shape index (κ3) is 5.01. The van der Waals surface area contributed by atoms with E-state index in [1.807, 2.05) is 0 Å². The second-order valence-electron chi connectivity index (χ2n) is 6.12. The number of hydrogen-bond acceptors (Lipinski definition) is 6. The first kappa shape index (κ1) is 21.2. The minimum atomic E-state index is -3.74. The summed E-state index contributed by atoms with van der Waals surface area (Å²) in [5.74, 6) is -0.0183. The molecule has 1 atom stereocenters. The highest BCUT2D eigenvalue weighted by molar-refractivity contribution is 7.92. The lowest BCUT2D eigenvalue weighted by Crippen LogP contribution is -2.46. The van der Waals surface area contributed by atoms with Crippen LogP contribution in [0.15, 0.2) is 53.6 Å². The van der Waals surface area contributed by atoms with E-state index in [4.69, 9.17) is 4.74 Å². The van der Waals surface area contributed by atoms with Crippen molar-refractivity contribution in [2.24, 2.45) is 5.10 Å². The summed E-state index contributed by atoms with van der Waals surface area (Å²) < 4.78 is 30.6. The SMILES string of the molecule is COc1ccc(N([C@H](C)C(=O)NN=C(C)c2ccccc2O)S(C)(=O)=O)cc1. The summed E-state index contributed by atoms with van der Waals surface area (Å²) in [6.45, 7) is 3.09. The van der Waals surface area contributed by atoms with Crippen molar-refractivity contribution in [3.05, 3.63) is 54.1 Å². The highest BCUT2D eigenvalue weighted by atomic mass is 32.2. The first-order valence-corrected chi connectivity index (χ1v) is 10.3. The number of hydrazone groups is 1. The summed E-state index contributed by atoms with van der Waals surface area (Å²) in [6, 6.07) is 11.8. The Labute approximate surface area is 164 Å². The second-order valence-corrected chi connectivity index (χ2v) is 7.98. The second kappa shape index (κ2) is 8.75. The smallest absolute Gasteiger partial charge is 0.263 e. The lowest BCUT2D eigenvalue weighted by molar-refractivity contribution is -0.121. The van der Waals surface area contributed by atoms with Gasteiger partial charge in [0.1, 0.15) is 17.5 Å². The van der Waals surface area contributed by atoms with Crippen molar-refractivity contribution in [3.63, 3.8) is 0 Å². The van der Waals surface area contributed by atoms with Crippen molar-refractivity contribution in [1.29, 1.82) is 0 Å². The maximum atomic E-state index is 12.5. The standard InChI is InChI=1S/C19H23N3O5S/c1-13(17-7-5-6-8-18(17)23)20-21-19(24)14(2)22(28(4,25)26)15-9-11-16(27-3)12-10-15/h5-12,14,23H,1-4H3,(H,21,24)/t14-/m1/s1. The number of sulfonamides is 1. The molecule has 9 heteroatoms.